The van der Waals surface area contributed by atoms with Crippen LogP contribution in [0.1, 0.15) is 15.9 Å². The number of Topliss-reactive ketones (excluding diaryl/α,β-unsaturated/α-hetero) is 1. The Hall–Kier alpha value is -1.81. The predicted octanol–water partition coefficient (Wildman–Crippen LogP) is 2.30. The van der Waals surface area contributed by atoms with Gasteiger partial charge in [0.2, 0.25) is 0 Å². The fourth-order valence-electron chi connectivity index (χ4n) is 1.55. The van der Waals surface area contributed by atoms with Crippen LogP contribution < -0.4 is 4.46 Å². The zero-order chi connectivity index (χ0) is 12.8. The fourth-order valence-corrected chi connectivity index (χ4v) is 2.80. The van der Waals surface area contributed by atoms with Crippen LogP contribution in [-0.4, -0.2) is 20.7 Å². The summed E-state index contributed by atoms with van der Waals surface area (Å²) in [6, 6.07) is 17.2. The van der Waals surface area contributed by atoms with Gasteiger partial charge in [-0.15, -0.1) is 0 Å². The molecule has 0 aliphatic rings. The Labute approximate surface area is 113 Å². The monoisotopic (exact) mass is 300 g/mol. The van der Waals surface area contributed by atoms with Crippen LogP contribution in [0.5, 0.6) is 0 Å². The topological polar surface area (TPSA) is 17.1 Å². The summed E-state index contributed by atoms with van der Waals surface area (Å²) in [7, 11) is 0. The van der Waals surface area contributed by atoms with Gasteiger partial charge < -0.3 is 0 Å². The van der Waals surface area contributed by atoms with Crippen LogP contribution in [0.2, 0.25) is 5.82 Å². The van der Waals surface area contributed by atoms with Gasteiger partial charge in [0.25, 0.3) is 0 Å². The molecule has 18 heavy (non-hydrogen) atoms. The summed E-state index contributed by atoms with van der Waals surface area (Å²) >= 11 is 0.306. The molecule has 2 aromatic rings. The van der Waals surface area contributed by atoms with E-state index in [0.717, 1.165) is 15.6 Å². The molecule has 1 nitrogen and oxygen atoms in total. The zero-order valence-electron chi connectivity index (χ0n) is 10.0. The normalized spacial score (nSPS) is 9.39. The Balaban J connectivity index is 2.26. The van der Waals surface area contributed by atoms with Crippen LogP contribution in [0.4, 0.5) is 0 Å². The fraction of sp³-hybridized carbons (Fsp3) is 0.0625. The SMILES string of the molecule is C[Se]c1ccccc1C(=O)C#Cc1ccccc1. The van der Waals surface area contributed by atoms with E-state index in [1.54, 1.807) is 0 Å². The molecule has 2 heteroatoms. The van der Waals surface area contributed by atoms with Crippen molar-refractivity contribution in [3.05, 3.63) is 65.7 Å². The Morgan fingerprint density at radius 3 is 2.39 bits per heavy atom. The molecule has 0 aromatic heterocycles. The number of hydrogen-bond acceptors (Lipinski definition) is 1. The third kappa shape index (κ3) is 3.11. The number of rotatable bonds is 2. The van der Waals surface area contributed by atoms with E-state index in [9.17, 15) is 4.79 Å². The number of carbonyl (C=O) groups is 1. The van der Waals surface area contributed by atoms with Crippen molar-refractivity contribution >= 4 is 25.2 Å². The maximum absolute atomic E-state index is 12.0. The molecule has 0 atom stereocenters. The Morgan fingerprint density at radius 1 is 1.00 bits per heavy atom. The molecule has 2 rings (SSSR count). The van der Waals surface area contributed by atoms with Crippen molar-refractivity contribution in [2.45, 2.75) is 5.82 Å². The molecular formula is C16H12OSe. The molecule has 0 heterocycles. The van der Waals surface area contributed by atoms with E-state index in [1.807, 2.05) is 54.6 Å². The molecule has 0 radical (unpaired) electrons. The molecule has 88 valence electrons. The molecule has 0 fully saturated rings. The number of ketones is 1. The van der Waals surface area contributed by atoms with E-state index in [4.69, 9.17) is 0 Å². The summed E-state index contributed by atoms with van der Waals surface area (Å²) in [6.07, 6.45) is 0. The van der Waals surface area contributed by atoms with Crippen molar-refractivity contribution < 1.29 is 4.79 Å². The van der Waals surface area contributed by atoms with Crippen LogP contribution in [0, 0.1) is 11.8 Å². The minimum atomic E-state index is -0.0989. The molecule has 0 spiro atoms. The van der Waals surface area contributed by atoms with Crippen LogP contribution in [0.25, 0.3) is 0 Å². The third-order valence-electron chi connectivity index (χ3n) is 2.45. The summed E-state index contributed by atoms with van der Waals surface area (Å²) < 4.78 is 1.11. The number of benzene rings is 2. The van der Waals surface area contributed by atoms with Crippen molar-refractivity contribution in [2.75, 3.05) is 0 Å². The van der Waals surface area contributed by atoms with Gasteiger partial charge in [0.1, 0.15) is 0 Å². The first-order valence-electron chi connectivity index (χ1n) is 5.55. The van der Waals surface area contributed by atoms with Gasteiger partial charge in [0, 0.05) is 0 Å². The Bertz CT molecular complexity index is 606. The quantitative estimate of drug-likeness (QED) is 0.472. The first kappa shape index (κ1) is 12.6. The Kier molecular flexibility index (Phi) is 4.36. The summed E-state index contributed by atoms with van der Waals surface area (Å²) in [5.74, 6) is 7.61. The molecule has 0 amide bonds. The van der Waals surface area contributed by atoms with E-state index in [1.165, 1.54) is 0 Å². The molecule has 0 saturated carbocycles. The van der Waals surface area contributed by atoms with Crippen LogP contribution in [-0.2, 0) is 0 Å². The minimum absolute atomic E-state index is 0.0989. The number of carbonyl (C=O) groups excluding carboxylic acids is 1. The van der Waals surface area contributed by atoms with Gasteiger partial charge in [-0.1, -0.05) is 0 Å². The number of hydrogen-bond donors (Lipinski definition) is 0. The van der Waals surface area contributed by atoms with Crippen molar-refractivity contribution in [3.8, 4) is 11.8 Å². The van der Waals surface area contributed by atoms with Crippen molar-refractivity contribution in [3.63, 3.8) is 0 Å². The molecule has 0 saturated heterocycles. The van der Waals surface area contributed by atoms with Crippen LogP contribution in [0.3, 0.4) is 0 Å². The van der Waals surface area contributed by atoms with E-state index < -0.39 is 0 Å². The van der Waals surface area contributed by atoms with Gasteiger partial charge in [0.15, 0.2) is 0 Å². The van der Waals surface area contributed by atoms with Gasteiger partial charge in [-0.05, 0) is 0 Å². The average molecular weight is 299 g/mol. The standard InChI is InChI=1S/C16H12OSe/c1-18-16-10-6-5-9-14(16)15(17)12-11-13-7-3-2-4-8-13/h2-10H,1H3. The van der Waals surface area contributed by atoms with E-state index in [-0.39, 0.29) is 5.78 Å². The maximum atomic E-state index is 12.0. The van der Waals surface area contributed by atoms with Crippen molar-refractivity contribution in [2.24, 2.45) is 0 Å². The van der Waals surface area contributed by atoms with Crippen molar-refractivity contribution in [1.82, 2.24) is 0 Å². The molecule has 0 unspecified atom stereocenters. The summed E-state index contributed by atoms with van der Waals surface area (Å²) in [5, 5.41) is 0. The molecule has 0 aliphatic heterocycles. The van der Waals surface area contributed by atoms with Crippen LogP contribution >= 0.6 is 0 Å². The zero-order valence-corrected chi connectivity index (χ0v) is 11.7. The average Bonchev–Trinajstić information content (AvgIpc) is 2.45. The van der Waals surface area contributed by atoms with E-state index in [2.05, 4.69) is 17.7 Å². The van der Waals surface area contributed by atoms with Gasteiger partial charge in [0.05, 0.1) is 0 Å². The van der Waals surface area contributed by atoms with E-state index in [0.29, 0.717) is 15.0 Å². The molecular weight excluding hydrogens is 287 g/mol. The second kappa shape index (κ2) is 6.21. The molecule has 0 aliphatic carbocycles. The van der Waals surface area contributed by atoms with Crippen LogP contribution in [0.15, 0.2) is 54.6 Å². The molecule has 0 N–H and O–H groups in total. The van der Waals surface area contributed by atoms with Gasteiger partial charge in [-0.2, -0.15) is 0 Å². The van der Waals surface area contributed by atoms with Gasteiger partial charge in [-0.25, -0.2) is 0 Å². The molecule has 2 aromatic carbocycles. The first-order valence-corrected chi connectivity index (χ1v) is 8.12. The molecule has 0 bridgehead atoms. The third-order valence-corrected chi connectivity index (χ3v) is 4.12. The van der Waals surface area contributed by atoms with E-state index >= 15 is 0 Å². The summed E-state index contributed by atoms with van der Waals surface area (Å²) in [4.78, 5) is 12.0. The first-order chi connectivity index (χ1) is 8.81. The summed E-state index contributed by atoms with van der Waals surface area (Å²) in [5.41, 5.74) is 1.61. The second-order valence-electron chi connectivity index (χ2n) is 3.65. The second-order valence-corrected chi connectivity index (χ2v) is 5.42. The predicted molar refractivity (Wildman–Crippen MR) is 75.3 cm³/mol. The van der Waals surface area contributed by atoms with Crippen molar-refractivity contribution in [1.29, 1.82) is 0 Å². The summed E-state index contributed by atoms with van der Waals surface area (Å²) in [6.45, 7) is 0. The van der Waals surface area contributed by atoms with Gasteiger partial charge >= 0.3 is 113 Å². The Morgan fingerprint density at radius 2 is 1.67 bits per heavy atom. The van der Waals surface area contributed by atoms with Gasteiger partial charge in [-0.3, -0.25) is 0 Å².